The molecule has 2 rings (SSSR count). The average molecular weight is 303 g/mol. The predicted molar refractivity (Wildman–Crippen MR) is 87.8 cm³/mol. The Bertz CT molecular complexity index is 381. The number of hydrogen-bond acceptors (Lipinski definition) is 2. The molecule has 0 radical (unpaired) electrons. The van der Waals surface area contributed by atoms with E-state index in [0.717, 1.165) is 26.2 Å². The van der Waals surface area contributed by atoms with Gasteiger partial charge in [0, 0.05) is 26.2 Å². The quantitative estimate of drug-likeness (QED) is 0.862. The summed E-state index contributed by atoms with van der Waals surface area (Å²) in [6.45, 7) is 12.7. The molecule has 1 saturated heterocycles. The van der Waals surface area contributed by atoms with Gasteiger partial charge in [0.25, 0.3) is 0 Å². The lowest BCUT2D eigenvalue weighted by Gasteiger charge is -2.33. The largest absolute Gasteiger partial charge is 0.314 e. The number of aryl methyl sites for hydroxylation is 2. The highest BCUT2D eigenvalue weighted by Gasteiger charge is 2.19. The van der Waals surface area contributed by atoms with Crippen LogP contribution in [0.4, 0.5) is 0 Å². The highest BCUT2D eigenvalue weighted by Crippen LogP contribution is 2.24. The van der Waals surface area contributed by atoms with Gasteiger partial charge in [-0.05, 0) is 19.4 Å². The lowest BCUT2D eigenvalue weighted by Crippen LogP contribution is -2.44. The molecule has 1 N–H and O–H groups in total. The van der Waals surface area contributed by atoms with Crippen LogP contribution in [0.3, 0.4) is 0 Å². The Morgan fingerprint density at radius 2 is 1.63 bits per heavy atom. The molecule has 4 heteroatoms. The number of rotatable bonds is 3. The van der Waals surface area contributed by atoms with Crippen LogP contribution in [0.25, 0.3) is 0 Å². The van der Waals surface area contributed by atoms with Crippen molar-refractivity contribution in [2.24, 2.45) is 0 Å². The topological polar surface area (TPSA) is 15.3 Å². The Kier molecular flexibility index (Phi) is 8.35. The van der Waals surface area contributed by atoms with Gasteiger partial charge in [0.1, 0.15) is 0 Å². The van der Waals surface area contributed by atoms with Crippen molar-refractivity contribution in [3.8, 4) is 0 Å². The molecular weight excluding hydrogens is 279 g/mol. The first-order chi connectivity index (χ1) is 8.20. The van der Waals surface area contributed by atoms with Gasteiger partial charge in [0.05, 0.1) is 6.04 Å². The van der Waals surface area contributed by atoms with Crippen LogP contribution in [-0.4, -0.2) is 31.1 Å². The molecule has 0 amide bonds. The van der Waals surface area contributed by atoms with Gasteiger partial charge in [0.2, 0.25) is 0 Å². The van der Waals surface area contributed by atoms with Gasteiger partial charge in [-0.1, -0.05) is 35.4 Å². The molecule has 108 valence electrons. The second-order valence-electron chi connectivity index (χ2n) is 4.89. The Morgan fingerprint density at radius 1 is 1.11 bits per heavy atom. The summed E-state index contributed by atoms with van der Waals surface area (Å²) in [6, 6.07) is 7.14. The van der Waals surface area contributed by atoms with Gasteiger partial charge >= 0.3 is 0 Å². The molecule has 0 aliphatic carbocycles. The first-order valence-electron chi connectivity index (χ1n) is 6.36. The molecule has 1 atom stereocenters. The van der Waals surface area contributed by atoms with Gasteiger partial charge in [-0.2, -0.15) is 0 Å². The number of piperazine rings is 1. The molecule has 19 heavy (non-hydrogen) atoms. The maximum absolute atomic E-state index is 4.01. The summed E-state index contributed by atoms with van der Waals surface area (Å²) in [5.41, 5.74) is 4.04. The summed E-state index contributed by atoms with van der Waals surface area (Å²) in [6.07, 6.45) is 2.07. The summed E-state index contributed by atoms with van der Waals surface area (Å²) in [5, 5.41) is 3.39. The fourth-order valence-electron chi connectivity index (χ4n) is 2.64. The molecule has 2 nitrogen and oxygen atoms in total. The zero-order chi connectivity index (χ0) is 12.3. The standard InChI is InChI=1S/C15H22N2.2ClH/c1-4-15(17-7-5-16-6-8-17)14-10-12(2)9-13(3)11-14;;/h4,9-11,15-16H,1,5-8H2,2-3H3;2*1H/t15-;;/m0../s1. The molecule has 0 spiro atoms. The molecule has 1 fully saturated rings. The van der Waals surface area contributed by atoms with E-state index in [9.17, 15) is 0 Å². The molecule has 1 aliphatic heterocycles. The van der Waals surface area contributed by atoms with Gasteiger partial charge in [0.15, 0.2) is 0 Å². The summed E-state index contributed by atoms with van der Waals surface area (Å²) in [7, 11) is 0. The summed E-state index contributed by atoms with van der Waals surface area (Å²) in [4.78, 5) is 2.50. The highest BCUT2D eigenvalue weighted by molar-refractivity contribution is 5.85. The summed E-state index contributed by atoms with van der Waals surface area (Å²) in [5.74, 6) is 0. The fraction of sp³-hybridized carbons (Fsp3) is 0.467. The van der Waals surface area contributed by atoms with E-state index < -0.39 is 0 Å². The number of hydrogen-bond donors (Lipinski definition) is 1. The van der Waals surface area contributed by atoms with Crippen LogP contribution < -0.4 is 5.32 Å². The second kappa shape index (κ2) is 8.60. The normalized spacial score (nSPS) is 16.9. The van der Waals surface area contributed by atoms with Gasteiger partial charge in [-0.3, -0.25) is 4.90 Å². The number of halogens is 2. The SMILES string of the molecule is C=C[C@@H](c1cc(C)cc(C)c1)N1CCNCC1.Cl.Cl. The predicted octanol–water partition coefficient (Wildman–Crippen LogP) is 3.28. The van der Waals surface area contributed by atoms with Crippen LogP contribution in [0.2, 0.25) is 0 Å². The number of nitrogens with zero attached hydrogens (tertiary/aromatic N) is 1. The highest BCUT2D eigenvalue weighted by atomic mass is 35.5. The van der Waals surface area contributed by atoms with E-state index in [4.69, 9.17) is 0 Å². The van der Waals surface area contributed by atoms with Crippen molar-refractivity contribution in [2.45, 2.75) is 19.9 Å². The van der Waals surface area contributed by atoms with E-state index in [1.165, 1.54) is 16.7 Å². The van der Waals surface area contributed by atoms with E-state index in [0.29, 0.717) is 6.04 Å². The zero-order valence-electron chi connectivity index (χ0n) is 11.7. The lowest BCUT2D eigenvalue weighted by atomic mass is 10.00. The Morgan fingerprint density at radius 3 is 2.11 bits per heavy atom. The van der Waals surface area contributed by atoms with E-state index >= 15 is 0 Å². The third-order valence-electron chi connectivity index (χ3n) is 3.35. The minimum atomic E-state index is 0. The molecule has 1 heterocycles. The minimum absolute atomic E-state index is 0. The van der Waals surface area contributed by atoms with Crippen molar-refractivity contribution < 1.29 is 0 Å². The van der Waals surface area contributed by atoms with Crippen molar-refractivity contribution in [2.75, 3.05) is 26.2 Å². The van der Waals surface area contributed by atoms with E-state index in [1.54, 1.807) is 0 Å². The Balaban J connectivity index is 0.00000162. The number of nitrogens with one attached hydrogen (secondary N) is 1. The van der Waals surface area contributed by atoms with Crippen molar-refractivity contribution >= 4 is 24.8 Å². The first kappa shape index (κ1) is 18.5. The molecular formula is C15H24Cl2N2. The first-order valence-corrected chi connectivity index (χ1v) is 6.36. The van der Waals surface area contributed by atoms with Crippen molar-refractivity contribution in [3.63, 3.8) is 0 Å². The summed E-state index contributed by atoms with van der Waals surface area (Å²) >= 11 is 0. The zero-order valence-corrected chi connectivity index (χ0v) is 13.3. The smallest absolute Gasteiger partial charge is 0.0530 e. The van der Waals surface area contributed by atoms with Crippen LogP contribution in [-0.2, 0) is 0 Å². The molecule has 0 aromatic heterocycles. The maximum Gasteiger partial charge on any atom is 0.0530 e. The lowest BCUT2D eigenvalue weighted by molar-refractivity contribution is 0.203. The van der Waals surface area contributed by atoms with E-state index in [2.05, 4.69) is 54.9 Å². The second-order valence-corrected chi connectivity index (χ2v) is 4.89. The van der Waals surface area contributed by atoms with Crippen LogP contribution in [0.1, 0.15) is 22.7 Å². The van der Waals surface area contributed by atoms with Gasteiger partial charge in [-0.25, -0.2) is 0 Å². The number of benzene rings is 1. The Hall–Kier alpha value is -0.540. The van der Waals surface area contributed by atoms with Crippen LogP contribution in [0.5, 0.6) is 0 Å². The third kappa shape index (κ3) is 4.81. The monoisotopic (exact) mass is 302 g/mol. The van der Waals surface area contributed by atoms with Crippen molar-refractivity contribution in [1.29, 1.82) is 0 Å². The van der Waals surface area contributed by atoms with Gasteiger partial charge in [-0.15, -0.1) is 31.4 Å². The maximum atomic E-state index is 4.01. The Labute approximate surface area is 129 Å². The van der Waals surface area contributed by atoms with Crippen molar-refractivity contribution in [3.05, 3.63) is 47.5 Å². The average Bonchev–Trinajstić information content (AvgIpc) is 2.30. The molecule has 0 unspecified atom stereocenters. The van der Waals surface area contributed by atoms with Crippen molar-refractivity contribution in [1.82, 2.24) is 10.2 Å². The molecule has 0 bridgehead atoms. The van der Waals surface area contributed by atoms with E-state index in [-0.39, 0.29) is 24.8 Å². The minimum Gasteiger partial charge on any atom is -0.314 e. The van der Waals surface area contributed by atoms with Crippen LogP contribution >= 0.6 is 24.8 Å². The molecule has 0 saturated carbocycles. The molecule has 1 aromatic rings. The fourth-order valence-corrected chi connectivity index (χ4v) is 2.64. The molecule has 1 aliphatic rings. The van der Waals surface area contributed by atoms with Crippen LogP contribution in [0.15, 0.2) is 30.9 Å². The van der Waals surface area contributed by atoms with E-state index in [1.807, 2.05) is 0 Å². The summed E-state index contributed by atoms with van der Waals surface area (Å²) < 4.78 is 0. The third-order valence-corrected chi connectivity index (χ3v) is 3.35. The molecule has 1 aromatic carbocycles. The van der Waals surface area contributed by atoms with Gasteiger partial charge < -0.3 is 5.32 Å². The van der Waals surface area contributed by atoms with Crippen LogP contribution in [0, 0.1) is 13.8 Å².